The van der Waals surface area contributed by atoms with E-state index in [1.165, 1.54) is 35.1 Å². The number of hydrogen-bond donors (Lipinski definition) is 0. The summed E-state index contributed by atoms with van der Waals surface area (Å²) in [5.41, 5.74) is 7.40. The van der Waals surface area contributed by atoms with Crippen LogP contribution in [0.15, 0.2) is 53.6 Å². The third kappa shape index (κ3) is 1.96. The molecule has 2 aliphatic rings. The van der Waals surface area contributed by atoms with E-state index in [2.05, 4.69) is 56.3 Å². The predicted molar refractivity (Wildman–Crippen MR) is 78.5 cm³/mol. The zero-order valence-corrected chi connectivity index (χ0v) is 11.2. The summed E-state index contributed by atoms with van der Waals surface area (Å²) < 4.78 is 0. The molecule has 1 aromatic rings. The Morgan fingerprint density at radius 3 is 2.83 bits per heavy atom. The maximum absolute atomic E-state index is 2.43. The van der Waals surface area contributed by atoms with Crippen molar-refractivity contribution in [2.75, 3.05) is 0 Å². The molecule has 0 saturated carbocycles. The lowest BCUT2D eigenvalue weighted by Gasteiger charge is -2.12. The van der Waals surface area contributed by atoms with Crippen LogP contribution in [0.5, 0.6) is 0 Å². The number of benzene rings is 1. The van der Waals surface area contributed by atoms with Crippen molar-refractivity contribution in [2.45, 2.75) is 39.0 Å². The van der Waals surface area contributed by atoms with Crippen molar-refractivity contribution in [1.82, 2.24) is 0 Å². The van der Waals surface area contributed by atoms with Gasteiger partial charge < -0.3 is 0 Å². The molecule has 92 valence electrons. The fraction of sp³-hybridized carbons (Fsp3) is 0.333. The molecular weight excluding hydrogens is 216 g/mol. The molecular formula is C18H20. The SMILES string of the molecule is CC1=CC=C2C(=CC1)CCC(C)c1ccccc12. The van der Waals surface area contributed by atoms with E-state index < -0.39 is 0 Å². The summed E-state index contributed by atoms with van der Waals surface area (Å²) in [4.78, 5) is 0. The Morgan fingerprint density at radius 2 is 1.94 bits per heavy atom. The lowest BCUT2D eigenvalue weighted by atomic mass is 9.92. The molecule has 18 heavy (non-hydrogen) atoms. The minimum absolute atomic E-state index is 0.667. The number of rotatable bonds is 0. The van der Waals surface area contributed by atoms with Crippen LogP contribution in [0, 0.1) is 0 Å². The molecule has 1 atom stereocenters. The second-order valence-corrected chi connectivity index (χ2v) is 5.55. The van der Waals surface area contributed by atoms with Crippen LogP contribution < -0.4 is 0 Å². The number of fused-ring (bicyclic) bond motifs is 3. The van der Waals surface area contributed by atoms with Gasteiger partial charge in [-0.05, 0) is 54.4 Å². The molecule has 0 amide bonds. The summed E-state index contributed by atoms with van der Waals surface area (Å²) in [7, 11) is 0. The topological polar surface area (TPSA) is 0 Å². The molecule has 0 aromatic heterocycles. The molecule has 0 saturated heterocycles. The zero-order valence-electron chi connectivity index (χ0n) is 11.2. The second kappa shape index (κ2) is 4.61. The van der Waals surface area contributed by atoms with Crippen LogP contribution in [-0.4, -0.2) is 0 Å². The molecule has 1 aromatic carbocycles. The van der Waals surface area contributed by atoms with Gasteiger partial charge in [-0.25, -0.2) is 0 Å². The molecule has 3 rings (SSSR count). The Morgan fingerprint density at radius 1 is 1.11 bits per heavy atom. The van der Waals surface area contributed by atoms with Crippen molar-refractivity contribution < 1.29 is 0 Å². The summed E-state index contributed by atoms with van der Waals surface area (Å²) in [5, 5.41) is 0. The van der Waals surface area contributed by atoms with Crippen molar-refractivity contribution in [3.8, 4) is 0 Å². The van der Waals surface area contributed by atoms with Gasteiger partial charge in [-0.1, -0.05) is 55.0 Å². The molecule has 0 aliphatic heterocycles. The molecule has 0 heteroatoms. The lowest BCUT2D eigenvalue weighted by Crippen LogP contribution is -1.94. The molecule has 0 heterocycles. The van der Waals surface area contributed by atoms with Crippen LogP contribution in [0.2, 0.25) is 0 Å². The smallest absolute Gasteiger partial charge is 0.0132 e. The third-order valence-corrected chi connectivity index (χ3v) is 4.18. The molecule has 0 fully saturated rings. The van der Waals surface area contributed by atoms with Gasteiger partial charge >= 0.3 is 0 Å². The van der Waals surface area contributed by atoms with E-state index in [1.54, 1.807) is 5.57 Å². The Hall–Kier alpha value is -1.56. The first kappa shape index (κ1) is 11.5. The van der Waals surface area contributed by atoms with Gasteiger partial charge in [0.25, 0.3) is 0 Å². The highest BCUT2D eigenvalue weighted by Crippen LogP contribution is 2.40. The van der Waals surface area contributed by atoms with Crippen LogP contribution in [0.3, 0.4) is 0 Å². The van der Waals surface area contributed by atoms with E-state index in [0.29, 0.717) is 5.92 Å². The average Bonchev–Trinajstić information content (AvgIpc) is 2.65. The van der Waals surface area contributed by atoms with Crippen LogP contribution in [-0.2, 0) is 0 Å². The predicted octanol–water partition coefficient (Wildman–Crippen LogP) is 5.24. The maximum atomic E-state index is 2.43. The summed E-state index contributed by atoms with van der Waals surface area (Å²) in [5.74, 6) is 0.667. The van der Waals surface area contributed by atoms with Crippen molar-refractivity contribution in [3.63, 3.8) is 0 Å². The summed E-state index contributed by atoms with van der Waals surface area (Å²) in [6, 6.07) is 8.91. The minimum Gasteiger partial charge on any atom is -0.0766 e. The highest BCUT2D eigenvalue weighted by Gasteiger charge is 2.21. The van der Waals surface area contributed by atoms with Gasteiger partial charge in [0.1, 0.15) is 0 Å². The molecule has 0 N–H and O–H groups in total. The van der Waals surface area contributed by atoms with Crippen molar-refractivity contribution in [1.29, 1.82) is 0 Å². The number of hydrogen-bond acceptors (Lipinski definition) is 0. The van der Waals surface area contributed by atoms with E-state index in [4.69, 9.17) is 0 Å². The van der Waals surface area contributed by atoms with Crippen LogP contribution in [0.1, 0.15) is 50.2 Å². The summed E-state index contributed by atoms with van der Waals surface area (Å²) in [6.45, 7) is 4.57. The average molecular weight is 236 g/mol. The maximum Gasteiger partial charge on any atom is -0.0132 e. The fourth-order valence-corrected chi connectivity index (χ4v) is 2.99. The highest BCUT2D eigenvalue weighted by molar-refractivity contribution is 5.83. The third-order valence-electron chi connectivity index (χ3n) is 4.18. The van der Waals surface area contributed by atoms with Gasteiger partial charge in [0.2, 0.25) is 0 Å². The van der Waals surface area contributed by atoms with Gasteiger partial charge in [-0.2, -0.15) is 0 Å². The van der Waals surface area contributed by atoms with E-state index in [-0.39, 0.29) is 0 Å². The largest absolute Gasteiger partial charge is 0.0766 e. The Labute approximate surface area is 110 Å². The standard InChI is InChI=1S/C18H20/c1-13-7-10-15-11-9-14(2)16-5-3-4-6-18(16)17(15)12-8-13/h3-6,8,10,12,14H,7,9,11H2,1-2H3. The Kier molecular flexibility index (Phi) is 2.95. The van der Waals surface area contributed by atoms with E-state index in [0.717, 1.165) is 6.42 Å². The van der Waals surface area contributed by atoms with Gasteiger partial charge in [-0.3, -0.25) is 0 Å². The molecule has 0 spiro atoms. The Bertz CT molecular complexity index is 555. The van der Waals surface area contributed by atoms with Gasteiger partial charge in [-0.15, -0.1) is 0 Å². The summed E-state index contributed by atoms with van der Waals surface area (Å²) >= 11 is 0. The van der Waals surface area contributed by atoms with E-state index in [9.17, 15) is 0 Å². The zero-order chi connectivity index (χ0) is 12.5. The van der Waals surface area contributed by atoms with Gasteiger partial charge in [0.05, 0.1) is 0 Å². The van der Waals surface area contributed by atoms with Gasteiger partial charge in [0, 0.05) is 0 Å². The fourth-order valence-electron chi connectivity index (χ4n) is 2.99. The lowest BCUT2D eigenvalue weighted by molar-refractivity contribution is 0.690. The van der Waals surface area contributed by atoms with Gasteiger partial charge in [0.15, 0.2) is 0 Å². The molecule has 0 radical (unpaired) electrons. The molecule has 2 aliphatic carbocycles. The monoisotopic (exact) mass is 236 g/mol. The normalized spacial score (nSPS) is 22.8. The highest BCUT2D eigenvalue weighted by atomic mass is 14.2. The van der Waals surface area contributed by atoms with Crippen LogP contribution in [0.4, 0.5) is 0 Å². The van der Waals surface area contributed by atoms with Crippen molar-refractivity contribution in [3.05, 3.63) is 64.8 Å². The first-order chi connectivity index (χ1) is 8.75. The molecule has 0 bridgehead atoms. The molecule has 0 nitrogen and oxygen atoms in total. The Balaban J connectivity index is 2.20. The van der Waals surface area contributed by atoms with Crippen LogP contribution in [0.25, 0.3) is 5.57 Å². The van der Waals surface area contributed by atoms with E-state index >= 15 is 0 Å². The second-order valence-electron chi connectivity index (χ2n) is 5.55. The first-order valence-electron chi connectivity index (χ1n) is 6.92. The van der Waals surface area contributed by atoms with Crippen LogP contribution >= 0.6 is 0 Å². The summed E-state index contributed by atoms with van der Waals surface area (Å²) in [6.07, 6.45) is 10.6. The van der Waals surface area contributed by atoms with Crippen molar-refractivity contribution in [2.24, 2.45) is 0 Å². The van der Waals surface area contributed by atoms with E-state index in [1.807, 2.05) is 0 Å². The first-order valence-corrected chi connectivity index (χ1v) is 6.92. The van der Waals surface area contributed by atoms with Crippen molar-refractivity contribution >= 4 is 5.57 Å². The minimum atomic E-state index is 0.667. The number of allylic oxidation sites excluding steroid dienone is 6. The molecule has 1 unspecified atom stereocenters. The quantitative estimate of drug-likeness (QED) is 0.577.